The van der Waals surface area contributed by atoms with Gasteiger partial charge in [0.2, 0.25) is 0 Å². The Labute approximate surface area is 188 Å². The first-order chi connectivity index (χ1) is 14.4. The number of anilines is 2. The molecule has 150 valence electrons. The van der Waals surface area contributed by atoms with Crippen molar-refractivity contribution in [3.63, 3.8) is 0 Å². The number of amides is 2. The van der Waals surface area contributed by atoms with Crippen molar-refractivity contribution < 1.29 is 9.59 Å². The van der Waals surface area contributed by atoms with Crippen molar-refractivity contribution in [1.82, 2.24) is 0 Å². The van der Waals surface area contributed by atoms with Crippen LogP contribution in [-0.2, 0) is 9.59 Å². The second kappa shape index (κ2) is 8.15. The fourth-order valence-electron chi connectivity index (χ4n) is 3.26. The van der Waals surface area contributed by atoms with Gasteiger partial charge >= 0.3 is 0 Å². The maximum Gasteiger partial charge on any atom is 0.282 e. The highest BCUT2D eigenvalue weighted by Crippen LogP contribution is 2.36. The van der Waals surface area contributed by atoms with Crippen LogP contribution < -0.4 is 10.2 Å². The first-order valence-electron chi connectivity index (χ1n) is 9.03. The fraction of sp³-hybridized carbons (Fsp3) is 0.0435. The molecular weight excluding hydrogens is 443 g/mol. The largest absolute Gasteiger partial charge is 0.350 e. The molecule has 0 unspecified atom stereocenters. The molecule has 0 saturated heterocycles. The van der Waals surface area contributed by atoms with Crippen molar-refractivity contribution in [3.8, 4) is 0 Å². The van der Waals surface area contributed by atoms with Gasteiger partial charge in [0, 0.05) is 20.8 Å². The van der Waals surface area contributed by atoms with E-state index < -0.39 is 11.8 Å². The van der Waals surface area contributed by atoms with Gasteiger partial charge in [-0.2, -0.15) is 0 Å². The summed E-state index contributed by atoms with van der Waals surface area (Å²) in [7, 11) is 0. The van der Waals surface area contributed by atoms with Crippen LogP contribution in [0.4, 0.5) is 11.4 Å². The third kappa shape index (κ3) is 3.70. The molecule has 7 heteroatoms. The van der Waals surface area contributed by atoms with Gasteiger partial charge in [-0.1, -0.05) is 59.1 Å². The predicted octanol–water partition coefficient (Wildman–Crippen LogP) is 6.35. The van der Waals surface area contributed by atoms with E-state index >= 15 is 0 Å². The molecule has 3 aromatic rings. The summed E-state index contributed by atoms with van der Waals surface area (Å²) >= 11 is 18.3. The normalized spacial score (nSPS) is 13.9. The zero-order chi connectivity index (χ0) is 21.4. The lowest BCUT2D eigenvalue weighted by atomic mass is 10.0. The zero-order valence-electron chi connectivity index (χ0n) is 15.7. The van der Waals surface area contributed by atoms with E-state index in [0.717, 1.165) is 10.5 Å². The lowest BCUT2D eigenvalue weighted by Crippen LogP contribution is -2.32. The van der Waals surface area contributed by atoms with Crippen LogP contribution in [0.2, 0.25) is 15.1 Å². The Balaban J connectivity index is 1.86. The number of halogens is 3. The highest BCUT2D eigenvalue weighted by molar-refractivity contribution is 6.46. The molecular formula is C23H15Cl3N2O2. The molecule has 1 aliphatic rings. The molecule has 0 aliphatic carbocycles. The van der Waals surface area contributed by atoms with Gasteiger partial charge in [-0.3, -0.25) is 9.59 Å². The number of carbonyl (C=O) groups excluding carboxylic acids is 2. The molecule has 0 radical (unpaired) electrons. The highest BCUT2D eigenvalue weighted by atomic mass is 35.5. The maximum atomic E-state index is 13.4. The molecule has 1 N–H and O–H groups in total. The van der Waals surface area contributed by atoms with E-state index in [-0.39, 0.29) is 11.3 Å². The van der Waals surface area contributed by atoms with Crippen LogP contribution in [-0.4, -0.2) is 11.8 Å². The molecule has 0 atom stereocenters. The Morgan fingerprint density at radius 3 is 2.20 bits per heavy atom. The van der Waals surface area contributed by atoms with Crippen LogP contribution in [0.5, 0.6) is 0 Å². The van der Waals surface area contributed by atoms with Gasteiger partial charge in [0.1, 0.15) is 5.70 Å². The zero-order valence-corrected chi connectivity index (χ0v) is 18.0. The van der Waals surface area contributed by atoms with Crippen LogP contribution in [0, 0.1) is 6.92 Å². The molecule has 0 aromatic heterocycles. The Hall–Kier alpha value is -2.79. The van der Waals surface area contributed by atoms with E-state index in [9.17, 15) is 9.59 Å². The molecule has 1 heterocycles. The monoisotopic (exact) mass is 456 g/mol. The minimum Gasteiger partial charge on any atom is -0.350 e. The number of nitrogens with zero attached hydrogens (tertiary/aromatic N) is 1. The SMILES string of the molecule is Cc1c(Cl)cccc1NC1=C(c2ccc(Cl)cc2)C(=O)N(c2cccc(Cl)c2)C1=O. The molecule has 0 fully saturated rings. The average molecular weight is 458 g/mol. The van der Waals surface area contributed by atoms with Crippen LogP contribution in [0.15, 0.2) is 72.4 Å². The standard InChI is InChI=1S/C23H15Cl3N2O2/c1-13-18(26)6-3-7-19(13)27-21-20(14-8-10-15(24)11-9-14)22(29)28(23(21)30)17-5-2-4-16(25)12-17/h2-12,27H,1H3. The van der Waals surface area contributed by atoms with Gasteiger partial charge < -0.3 is 5.32 Å². The highest BCUT2D eigenvalue weighted by Gasteiger charge is 2.40. The number of hydrogen-bond acceptors (Lipinski definition) is 3. The summed E-state index contributed by atoms with van der Waals surface area (Å²) in [6.45, 7) is 1.84. The molecule has 30 heavy (non-hydrogen) atoms. The molecule has 4 nitrogen and oxygen atoms in total. The molecule has 4 rings (SSSR count). The lowest BCUT2D eigenvalue weighted by Gasteiger charge is -2.16. The minimum atomic E-state index is -0.480. The van der Waals surface area contributed by atoms with Gasteiger partial charge in [-0.05, 0) is 60.5 Å². The topological polar surface area (TPSA) is 49.4 Å². The number of imide groups is 1. The number of carbonyl (C=O) groups is 2. The third-order valence-corrected chi connectivity index (χ3v) is 5.71. The summed E-state index contributed by atoms with van der Waals surface area (Å²) in [4.78, 5) is 27.8. The Morgan fingerprint density at radius 2 is 1.50 bits per heavy atom. The summed E-state index contributed by atoms with van der Waals surface area (Å²) in [5.41, 5.74) is 2.78. The van der Waals surface area contributed by atoms with Crippen molar-refractivity contribution in [2.75, 3.05) is 10.2 Å². The van der Waals surface area contributed by atoms with E-state index in [2.05, 4.69) is 5.32 Å². The van der Waals surface area contributed by atoms with Crippen LogP contribution in [0.25, 0.3) is 5.57 Å². The quantitative estimate of drug-likeness (QED) is 0.464. The third-order valence-electron chi connectivity index (χ3n) is 4.81. The van der Waals surface area contributed by atoms with E-state index in [1.165, 1.54) is 0 Å². The molecule has 2 amide bonds. The number of rotatable bonds is 4. The van der Waals surface area contributed by atoms with Crippen molar-refractivity contribution in [2.45, 2.75) is 6.92 Å². The molecule has 0 bridgehead atoms. The molecule has 0 spiro atoms. The lowest BCUT2D eigenvalue weighted by molar-refractivity contribution is -0.120. The smallest absolute Gasteiger partial charge is 0.282 e. The summed E-state index contributed by atoms with van der Waals surface area (Å²) in [5.74, 6) is -0.932. The van der Waals surface area contributed by atoms with E-state index in [4.69, 9.17) is 34.8 Å². The average Bonchev–Trinajstić information content (AvgIpc) is 2.96. The number of nitrogens with one attached hydrogen (secondary N) is 1. The van der Waals surface area contributed by atoms with Crippen molar-refractivity contribution in [1.29, 1.82) is 0 Å². The van der Waals surface area contributed by atoms with Gasteiger partial charge in [-0.15, -0.1) is 0 Å². The number of hydrogen-bond donors (Lipinski definition) is 1. The van der Waals surface area contributed by atoms with Gasteiger partial charge in [-0.25, -0.2) is 4.90 Å². The predicted molar refractivity (Wildman–Crippen MR) is 122 cm³/mol. The second-order valence-electron chi connectivity index (χ2n) is 6.72. The summed E-state index contributed by atoms with van der Waals surface area (Å²) in [6.07, 6.45) is 0. The van der Waals surface area contributed by atoms with Gasteiger partial charge in [0.15, 0.2) is 0 Å². The summed E-state index contributed by atoms with van der Waals surface area (Å²) in [5, 5.41) is 4.63. The molecule has 1 aliphatic heterocycles. The van der Waals surface area contributed by atoms with Crippen molar-refractivity contribution in [3.05, 3.63) is 98.6 Å². The summed E-state index contributed by atoms with van der Waals surface area (Å²) in [6, 6.07) is 18.7. The van der Waals surface area contributed by atoms with Crippen molar-refractivity contribution >= 4 is 63.6 Å². The summed E-state index contributed by atoms with van der Waals surface area (Å²) < 4.78 is 0. The van der Waals surface area contributed by atoms with Gasteiger partial charge in [0.25, 0.3) is 11.8 Å². The fourth-order valence-corrected chi connectivity index (χ4v) is 3.74. The Bertz CT molecular complexity index is 1200. The van der Waals surface area contributed by atoms with E-state index in [0.29, 0.717) is 32.0 Å². The Kier molecular flexibility index (Phi) is 5.56. The van der Waals surface area contributed by atoms with E-state index in [1.807, 2.05) is 6.92 Å². The molecule has 0 saturated carbocycles. The van der Waals surface area contributed by atoms with Crippen LogP contribution in [0.3, 0.4) is 0 Å². The first kappa shape index (κ1) is 20.5. The van der Waals surface area contributed by atoms with E-state index in [1.54, 1.807) is 66.7 Å². The minimum absolute atomic E-state index is 0.160. The Morgan fingerprint density at radius 1 is 0.800 bits per heavy atom. The van der Waals surface area contributed by atoms with Crippen LogP contribution in [0.1, 0.15) is 11.1 Å². The van der Waals surface area contributed by atoms with Gasteiger partial charge in [0.05, 0.1) is 11.3 Å². The maximum absolute atomic E-state index is 13.4. The molecule has 3 aromatic carbocycles. The van der Waals surface area contributed by atoms with Crippen LogP contribution >= 0.6 is 34.8 Å². The number of benzene rings is 3. The second-order valence-corrected chi connectivity index (χ2v) is 8.00. The first-order valence-corrected chi connectivity index (χ1v) is 10.2. The van der Waals surface area contributed by atoms with Crippen molar-refractivity contribution in [2.24, 2.45) is 0 Å².